The second-order valence-electron chi connectivity index (χ2n) is 4.46. The lowest BCUT2D eigenvalue weighted by atomic mass is 10.1. The summed E-state index contributed by atoms with van der Waals surface area (Å²) in [5.74, 6) is 0.661. The largest absolute Gasteiger partial charge is 0.416 e. The number of benzene rings is 1. The zero-order valence-electron chi connectivity index (χ0n) is 9.96. The van der Waals surface area contributed by atoms with Crippen LogP contribution in [0.5, 0.6) is 0 Å². The Hall–Kier alpha value is -0.680. The molecule has 0 spiro atoms. The van der Waals surface area contributed by atoms with Crippen LogP contribution in [0.4, 0.5) is 13.2 Å². The highest BCUT2D eigenvalue weighted by atomic mass is 32.2. The van der Waals surface area contributed by atoms with Gasteiger partial charge in [-0.25, -0.2) is 0 Å². The topological polar surface area (TPSA) is 12.0 Å². The van der Waals surface area contributed by atoms with Crippen molar-refractivity contribution in [1.29, 1.82) is 0 Å². The predicted molar refractivity (Wildman–Crippen MR) is 68.6 cm³/mol. The van der Waals surface area contributed by atoms with E-state index >= 15 is 0 Å². The first kappa shape index (κ1) is 13.7. The zero-order chi connectivity index (χ0) is 13.0. The number of hydrogen-bond donors (Lipinski definition) is 1. The maximum absolute atomic E-state index is 12.5. The van der Waals surface area contributed by atoms with E-state index < -0.39 is 11.7 Å². The highest BCUT2D eigenvalue weighted by Gasteiger charge is 2.30. The van der Waals surface area contributed by atoms with Crippen LogP contribution in [0, 0.1) is 0 Å². The summed E-state index contributed by atoms with van der Waals surface area (Å²) in [6, 6.07) is 5.64. The van der Waals surface area contributed by atoms with Crippen molar-refractivity contribution in [1.82, 2.24) is 5.32 Å². The highest BCUT2D eigenvalue weighted by molar-refractivity contribution is 7.99. The fraction of sp³-hybridized carbons (Fsp3) is 0.538. The smallest absolute Gasteiger partial charge is 0.317 e. The lowest BCUT2D eigenvalue weighted by Gasteiger charge is -2.22. The standard InChI is InChI=1S/C13H16F3NS/c14-13(15,16)11-3-1-2-10(8-11)9-18-12-4-6-17-7-5-12/h1-3,8,12,17H,4-7,9H2. The van der Waals surface area contributed by atoms with Crippen molar-refractivity contribution in [2.24, 2.45) is 0 Å². The van der Waals surface area contributed by atoms with Crippen molar-refractivity contribution in [2.45, 2.75) is 30.0 Å². The number of alkyl halides is 3. The minimum Gasteiger partial charge on any atom is -0.317 e. The summed E-state index contributed by atoms with van der Waals surface area (Å²) in [5, 5.41) is 3.85. The van der Waals surface area contributed by atoms with E-state index in [0.29, 0.717) is 11.0 Å². The molecule has 5 heteroatoms. The minimum absolute atomic E-state index is 0.550. The van der Waals surface area contributed by atoms with Crippen molar-refractivity contribution >= 4 is 11.8 Å². The maximum Gasteiger partial charge on any atom is 0.416 e. The Bertz CT molecular complexity index is 386. The number of halogens is 3. The molecule has 1 saturated heterocycles. The Balaban J connectivity index is 1.92. The summed E-state index contributed by atoms with van der Waals surface area (Å²) in [6.07, 6.45) is -2.04. The van der Waals surface area contributed by atoms with E-state index in [1.54, 1.807) is 17.8 Å². The first-order valence-electron chi connectivity index (χ1n) is 6.04. The summed E-state index contributed by atoms with van der Waals surface area (Å²) in [5.41, 5.74) is 0.208. The van der Waals surface area contributed by atoms with Gasteiger partial charge in [0.25, 0.3) is 0 Å². The second kappa shape index (κ2) is 5.97. The van der Waals surface area contributed by atoms with Crippen LogP contribution in [-0.2, 0) is 11.9 Å². The third kappa shape index (κ3) is 3.92. The van der Waals surface area contributed by atoms with Gasteiger partial charge in [0.15, 0.2) is 0 Å². The van der Waals surface area contributed by atoms with Gasteiger partial charge < -0.3 is 5.32 Å². The van der Waals surface area contributed by atoms with Crippen LogP contribution in [0.1, 0.15) is 24.0 Å². The Morgan fingerprint density at radius 2 is 1.94 bits per heavy atom. The first-order chi connectivity index (χ1) is 8.55. The van der Waals surface area contributed by atoms with Crippen LogP contribution in [-0.4, -0.2) is 18.3 Å². The summed E-state index contributed by atoms with van der Waals surface area (Å²) < 4.78 is 37.6. The van der Waals surface area contributed by atoms with Gasteiger partial charge in [0.2, 0.25) is 0 Å². The van der Waals surface area contributed by atoms with Gasteiger partial charge in [-0.05, 0) is 37.6 Å². The van der Waals surface area contributed by atoms with Gasteiger partial charge in [-0.1, -0.05) is 18.2 Å². The molecule has 1 aliphatic rings. The van der Waals surface area contributed by atoms with Gasteiger partial charge in [0, 0.05) is 11.0 Å². The second-order valence-corrected chi connectivity index (χ2v) is 5.75. The van der Waals surface area contributed by atoms with Gasteiger partial charge in [0.05, 0.1) is 5.56 Å². The monoisotopic (exact) mass is 275 g/mol. The summed E-state index contributed by atoms with van der Waals surface area (Å²) in [7, 11) is 0. The number of rotatable bonds is 3. The molecule has 0 bridgehead atoms. The molecule has 0 saturated carbocycles. The van der Waals surface area contributed by atoms with Gasteiger partial charge >= 0.3 is 6.18 Å². The molecule has 2 rings (SSSR count). The van der Waals surface area contributed by atoms with Crippen molar-refractivity contribution in [3.8, 4) is 0 Å². The predicted octanol–water partition coefficient (Wildman–Crippen LogP) is 3.69. The molecule has 1 heterocycles. The Labute approximate surface area is 109 Å². The van der Waals surface area contributed by atoms with E-state index in [0.717, 1.165) is 37.6 Å². The quantitative estimate of drug-likeness (QED) is 0.903. The molecule has 0 amide bonds. The fourth-order valence-electron chi connectivity index (χ4n) is 2.01. The van der Waals surface area contributed by atoms with Crippen molar-refractivity contribution in [2.75, 3.05) is 13.1 Å². The molecule has 0 radical (unpaired) electrons. The molecule has 0 aliphatic carbocycles. The molecule has 1 aromatic carbocycles. The molecule has 1 aliphatic heterocycles. The average molecular weight is 275 g/mol. The van der Waals surface area contributed by atoms with E-state index in [2.05, 4.69) is 5.32 Å². The SMILES string of the molecule is FC(F)(F)c1cccc(CSC2CCNCC2)c1. The van der Waals surface area contributed by atoms with Crippen molar-refractivity contribution in [3.63, 3.8) is 0 Å². The van der Waals surface area contributed by atoms with Gasteiger partial charge in [-0.3, -0.25) is 0 Å². The summed E-state index contributed by atoms with van der Waals surface area (Å²) >= 11 is 1.76. The lowest BCUT2D eigenvalue weighted by Crippen LogP contribution is -2.29. The van der Waals surface area contributed by atoms with E-state index in [9.17, 15) is 13.2 Å². The zero-order valence-corrected chi connectivity index (χ0v) is 10.8. The van der Waals surface area contributed by atoms with Crippen molar-refractivity contribution < 1.29 is 13.2 Å². The van der Waals surface area contributed by atoms with Gasteiger partial charge in [-0.2, -0.15) is 24.9 Å². The van der Waals surface area contributed by atoms with Crippen LogP contribution >= 0.6 is 11.8 Å². The fourth-order valence-corrected chi connectivity index (χ4v) is 3.19. The normalized spacial score (nSPS) is 17.9. The number of thioether (sulfide) groups is 1. The number of nitrogens with one attached hydrogen (secondary N) is 1. The van der Waals surface area contributed by atoms with Gasteiger partial charge in [-0.15, -0.1) is 0 Å². The molecule has 100 valence electrons. The molecule has 0 unspecified atom stereocenters. The van der Waals surface area contributed by atoms with E-state index in [4.69, 9.17) is 0 Å². The Morgan fingerprint density at radius 1 is 1.22 bits per heavy atom. The first-order valence-corrected chi connectivity index (χ1v) is 7.09. The number of piperidine rings is 1. The van der Waals surface area contributed by atoms with Crippen LogP contribution in [0.25, 0.3) is 0 Å². The number of hydrogen-bond acceptors (Lipinski definition) is 2. The molecule has 1 N–H and O–H groups in total. The molecule has 1 fully saturated rings. The van der Waals surface area contributed by atoms with Crippen LogP contribution in [0.15, 0.2) is 24.3 Å². The molecule has 1 nitrogen and oxygen atoms in total. The van der Waals surface area contributed by atoms with E-state index in [1.165, 1.54) is 12.1 Å². The third-order valence-corrected chi connectivity index (χ3v) is 4.47. The van der Waals surface area contributed by atoms with Crippen LogP contribution in [0.2, 0.25) is 0 Å². The van der Waals surface area contributed by atoms with Crippen LogP contribution < -0.4 is 5.32 Å². The third-order valence-electron chi connectivity index (χ3n) is 3.03. The average Bonchev–Trinajstić information content (AvgIpc) is 2.37. The molecule has 18 heavy (non-hydrogen) atoms. The highest BCUT2D eigenvalue weighted by Crippen LogP contribution is 2.31. The molecule has 1 aromatic rings. The van der Waals surface area contributed by atoms with E-state index in [1.807, 2.05) is 0 Å². The van der Waals surface area contributed by atoms with Crippen LogP contribution in [0.3, 0.4) is 0 Å². The lowest BCUT2D eigenvalue weighted by molar-refractivity contribution is -0.137. The molecule has 0 aromatic heterocycles. The minimum atomic E-state index is -4.24. The maximum atomic E-state index is 12.5. The van der Waals surface area contributed by atoms with Crippen molar-refractivity contribution in [3.05, 3.63) is 35.4 Å². The molecule has 0 atom stereocenters. The Kier molecular flexibility index (Phi) is 4.56. The molecular formula is C13H16F3NS. The van der Waals surface area contributed by atoms with E-state index in [-0.39, 0.29) is 0 Å². The summed E-state index contributed by atoms with van der Waals surface area (Å²) in [6.45, 7) is 2.03. The van der Waals surface area contributed by atoms with Gasteiger partial charge in [0.1, 0.15) is 0 Å². The molecular weight excluding hydrogens is 259 g/mol. The summed E-state index contributed by atoms with van der Waals surface area (Å²) in [4.78, 5) is 0. The Morgan fingerprint density at radius 3 is 2.61 bits per heavy atom.